The molecule has 3 nitrogen and oxygen atoms in total. The van der Waals surface area contributed by atoms with Crippen molar-refractivity contribution in [1.82, 2.24) is 4.72 Å². The van der Waals surface area contributed by atoms with Crippen molar-refractivity contribution < 1.29 is 8.42 Å². The second kappa shape index (κ2) is 7.38. The predicted octanol–water partition coefficient (Wildman–Crippen LogP) is 4.83. The molecule has 0 radical (unpaired) electrons. The maximum Gasteiger partial charge on any atom is 0.241 e. The average molecular weight is 353 g/mol. The van der Waals surface area contributed by atoms with Crippen LogP contribution in [-0.4, -0.2) is 8.42 Å². The first-order valence-corrected chi connectivity index (χ1v) is 10.1. The van der Waals surface area contributed by atoms with Crippen LogP contribution in [0, 0.1) is 0 Å². The van der Waals surface area contributed by atoms with Crippen molar-refractivity contribution in [3.05, 3.63) is 77.9 Å². The number of nitrogens with one attached hydrogen (secondary N) is 1. The molecule has 3 aromatic rings. The van der Waals surface area contributed by atoms with E-state index < -0.39 is 10.0 Å². The third-order valence-corrected chi connectivity index (χ3v) is 5.93. The van der Waals surface area contributed by atoms with Crippen LogP contribution in [0.15, 0.2) is 71.6 Å². The Bertz CT molecular complexity index is 963. The normalized spacial score (nSPS) is 13.0. The maximum absolute atomic E-state index is 12.6. The van der Waals surface area contributed by atoms with Gasteiger partial charge in [0, 0.05) is 6.04 Å². The standard InChI is InChI=1S/C21H23NO2S/c1-3-6-17-9-13-21(14-10-17)25(23,24)22-16(2)19-12-11-18-7-4-5-8-20(18)15-19/h4-5,7-16,22H,3,6H2,1-2H3. The lowest BCUT2D eigenvalue weighted by Gasteiger charge is -2.15. The number of hydrogen-bond donors (Lipinski definition) is 1. The first-order chi connectivity index (χ1) is 12.0. The van der Waals surface area contributed by atoms with Crippen LogP contribution in [0.25, 0.3) is 10.8 Å². The highest BCUT2D eigenvalue weighted by atomic mass is 32.2. The topological polar surface area (TPSA) is 46.2 Å². The fourth-order valence-corrected chi connectivity index (χ4v) is 4.20. The summed E-state index contributed by atoms with van der Waals surface area (Å²) in [6.07, 6.45) is 2.00. The Morgan fingerprint density at radius 1 is 0.920 bits per heavy atom. The highest BCUT2D eigenvalue weighted by molar-refractivity contribution is 7.89. The molecule has 4 heteroatoms. The summed E-state index contributed by atoms with van der Waals surface area (Å²) in [4.78, 5) is 0.306. The molecule has 0 aromatic heterocycles. The van der Waals surface area contributed by atoms with E-state index in [1.165, 1.54) is 0 Å². The van der Waals surface area contributed by atoms with Gasteiger partial charge in [-0.15, -0.1) is 0 Å². The zero-order valence-corrected chi connectivity index (χ0v) is 15.4. The second-order valence-electron chi connectivity index (χ2n) is 6.34. The molecule has 3 rings (SSSR count). The third-order valence-electron chi connectivity index (χ3n) is 4.38. The van der Waals surface area contributed by atoms with E-state index in [9.17, 15) is 8.42 Å². The molecule has 0 saturated heterocycles. The summed E-state index contributed by atoms with van der Waals surface area (Å²) in [5.41, 5.74) is 2.11. The molecule has 130 valence electrons. The number of rotatable bonds is 6. The first kappa shape index (κ1) is 17.6. The molecule has 25 heavy (non-hydrogen) atoms. The van der Waals surface area contributed by atoms with E-state index in [0.29, 0.717) is 4.90 Å². The first-order valence-electron chi connectivity index (χ1n) is 8.59. The highest BCUT2D eigenvalue weighted by Crippen LogP contribution is 2.22. The van der Waals surface area contributed by atoms with Gasteiger partial charge in [-0.2, -0.15) is 0 Å². The molecule has 0 aliphatic heterocycles. The second-order valence-corrected chi connectivity index (χ2v) is 8.06. The van der Waals surface area contributed by atoms with Crippen LogP contribution in [-0.2, 0) is 16.4 Å². The number of hydrogen-bond acceptors (Lipinski definition) is 2. The van der Waals surface area contributed by atoms with Crippen LogP contribution in [0.2, 0.25) is 0 Å². The minimum absolute atomic E-state index is 0.301. The Morgan fingerprint density at radius 3 is 2.28 bits per heavy atom. The van der Waals surface area contributed by atoms with Crippen molar-refractivity contribution in [1.29, 1.82) is 0 Å². The number of aryl methyl sites for hydroxylation is 1. The van der Waals surface area contributed by atoms with E-state index in [4.69, 9.17) is 0 Å². The summed E-state index contributed by atoms with van der Waals surface area (Å²) in [5, 5.41) is 2.25. The van der Waals surface area contributed by atoms with Gasteiger partial charge in [0.25, 0.3) is 0 Å². The maximum atomic E-state index is 12.6. The lowest BCUT2D eigenvalue weighted by Crippen LogP contribution is -2.26. The van der Waals surface area contributed by atoms with Gasteiger partial charge in [-0.05, 0) is 53.4 Å². The van der Waals surface area contributed by atoms with Crippen molar-refractivity contribution in [2.24, 2.45) is 0 Å². The Hall–Kier alpha value is -2.17. The van der Waals surface area contributed by atoms with Crippen molar-refractivity contribution >= 4 is 20.8 Å². The van der Waals surface area contributed by atoms with Crippen LogP contribution in [0.3, 0.4) is 0 Å². The zero-order chi connectivity index (χ0) is 17.9. The molecule has 1 atom stereocenters. The molecule has 0 bridgehead atoms. The van der Waals surface area contributed by atoms with E-state index in [1.54, 1.807) is 12.1 Å². The molecule has 0 saturated carbocycles. The van der Waals surface area contributed by atoms with E-state index in [2.05, 4.69) is 11.6 Å². The van der Waals surface area contributed by atoms with Gasteiger partial charge in [0.05, 0.1) is 4.90 Å². The van der Waals surface area contributed by atoms with Gasteiger partial charge in [0.1, 0.15) is 0 Å². The Morgan fingerprint density at radius 2 is 1.60 bits per heavy atom. The number of benzene rings is 3. The van der Waals surface area contributed by atoms with Crippen LogP contribution in [0.4, 0.5) is 0 Å². The fraction of sp³-hybridized carbons (Fsp3) is 0.238. The highest BCUT2D eigenvalue weighted by Gasteiger charge is 2.18. The van der Waals surface area contributed by atoms with Crippen LogP contribution >= 0.6 is 0 Å². The average Bonchev–Trinajstić information content (AvgIpc) is 2.61. The summed E-state index contributed by atoms with van der Waals surface area (Å²) in [5.74, 6) is 0. The minimum Gasteiger partial charge on any atom is -0.207 e. The molecule has 1 N–H and O–H groups in total. The monoisotopic (exact) mass is 353 g/mol. The summed E-state index contributed by atoms with van der Waals surface area (Å²) in [6.45, 7) is 3.98. The Labute approximate surface area is 149 Å². The largest absolute Gasteiger partial charge is 0.241 e. The molecule has 3 aromatic carbocycles. The summed E-state index contributed by atoms with van der Waals surface area (Å²) >= 11 is 0. The van der Waals surface area contributed by atoms with Crippen LogP contribution in [0.1, 0.15) is 37.4 Å². The van der Waals surface area contributed by atoms with Gasteiger partial charge in [-0.1, -0.05) is 61.9 Å². The van der Waals surface area contributed by atoms with E-state index >= 15 is 0 Å². The number of sulfonamides is 1. The van der Waals surface area contributed by atoms with E-state index in [-0.39, 0.29) is 6.04 Å². The summed E-state index contributed by atoms with van der Waals surface area (Å²) in [6, 6.07) is 20.9. The molecule has 0 amide bonds. The Balaban J connectivity index is 1.81. The van der Waals surface area contributed by atoms with Crippen molar-refractivity contribution in [3.8, 4) is 0 Å². The lowest BCUT2D eigenvalue weighted by molar-refractivity contribution is 0.567. The predicted molar refractivity (Wildman–Crippen MR) is 103 cm³/mol. The van der Waals surface area contributed by atoms with Gasteiger partial charge >= 0.3 is 0 Å². The SMILES string of the molecule is CCCc1ccc(S(=O)(=O)NC(C)c2ccc3ccccc3c2)cc1. The molecule has 0 spiro atoms. The third kappa shape index (κ3) is 4.09. The molecule has 0 aliphatic carbocycles. The quantitative estimate of drug-likeness (QED) is 0.690. The fourth-order valence-electron chi connectivity index (χ4n) is 2.97. The molecule has 0 heterocycles. The van der Waals surface area contributed by atoms with Crippen molar-refractivity contribution in [2.75, 3.05) is 0 Å². The van der Waals surface area contributed by atoms with Crippen LogP contribution in [0.5, 0.6) is 0 Å². The lowest BCUT2D eigenvalue weighted by atomic mass is 10.0. The summed E-state index contributed by atoms with van der Waals surface area (Å²) in [7, 11) is -3.54. The van der Waals surface area contributed by atoms with Crippen molar-refractivity contribution in [3.63, 3.8) is 0 Å². The summed E-state index contributed by atoms with van der Waals surface area (Å²) < 4.78 is 28.1. The molecular weight excluding hydrogens is 330 g/mol. The molecule has 0 aliphatic rings. The van der Waals surface area contributed by atoms with Crippen LogP contribution < -0.4 is 4.72 Å². The Kier molecular flexibility index (Phi) is 5.21. The van der Waals surface area contributed by atoms with Gasteiger partial charge in [-0.3, -0.25) is 0 Å². The zero-order valence-electron chi connectivity index (χ0n) is 14.6. The van der Waals surface area contributed by atoms with E-state index in [0.717, 1.165) is 34.7 Å². The van der Waals surface area contributed by atoms with Gasteiger partial charge in [0.15, 0.2) is 0 Å². The molecular formula is C21H23NO2S. The molecule has 1 unspecified atom stereocenters. The van der Waals surface area contributed by atoms with Gasteiger partial charge < -0.3 is 0 Å². The number of fused-ring (bicyclic) bond motifs is 1. The van der Waals surface area contributed by atoms with Gasteiger partial charge in [-0.25, -0.2) is 13.1 Å². The minimum atomic E-state index is -3.54. The smallest absolute Gasteiger partial charge is 0.207 e. The van der Waals surface area contributed by atoms with Crippen molar-refractivity contribution in [2.45, 2.75) is 37.6 Å². The van der Waals surface area contributed by atoms with Gasteiger partial charge in [0.2, 0.25) is 10.0 Å². The van der Waals surface area contributed by atoms with E-state index in [1.807, 2.05) is 61.5 Å². The molecule has 0 fully saturated rings.